The number of pyridine rings is 2. The van der Waals surface area contributed by atoms with Crippen molar-refractivity contribution in [3.8, 4) is 22.8 Å². The number of fused-ring (bicyclic) bond motifs is 2. The van der Waals surface area contributed by atoms with E-state index in [4.69, 9.17) is 9.47 Å². The van der Waals surface area contributed by atoms with Gasteiger partial charge in [-0.05, 0) is 83.1 Å². The summed E-state index contributed by atoms with van der Waals surface area (Å²) >= 11 is 0. The Morgan fingerprint density at radius 2 is 1.78 bits per heavy atom. The molecule has 0 bridgehead atoms. The standard InChI is InChI=1S/C34H36F4N4O6S/c1-18(43)24-12-9-20-13-21(14-25(47-6)27(20)40-24)30(44)39-16-33(45,34(36,37)38)26-15-23-29(28(41-26)19-7-10-22(35)11-8-19)48-17-32(23,5)42-49(46)31(2,3)4/h7-15,18,42-43,45H,16-17H2,1-6H3,(H,39,44)/t18?,32-,33-,49?/m1/s1. The number of benzene rings is 2. The van der Waals surface area contributed by atoms with Crippen LogP contribution in [0, 0.1) is 5.82 Å². The van der Waals surface area contributed by atoms with E-state index in [1.165, 1.54) is 44.4 Å². The van der Waals surface area contributed by atoms with Crippen molar-refractivity contribution in [2.45, 2.75) is 62.8 Å². The van der Waals surface area contributed by atoms with E-state index < -0.39 is 63.1 Å². The van der Waals surface area contributed by atoms with Crippen molar-refractivity contribution in [1.82, 2.24) is 20.0 Å². The lowest BCUT2D eigenvalue weighted by Gasteiger charge is -2.32. The summed E-state index contributed by atoms with van der Waals surface area (Å²) in [7, 11) is -0.359. The molecule has 0 spiro atoms. The fourth-order valence-electron chi connectivity index (χ4n) is 5.22. The predicted octanol–water partition coefficient (Wildman–Crippen LogP) is 5.34. The zero-order chi connectivity index (χ0) is 36.1. The van der Waals surface area contributed by atoms with E-state index in [1.807, 2.05) is 0 Å². The summed E-state index contributed by atoms with van der Waals surface area (Å²) in [4.78, 5) is 21.9. The third-order valence-corrected chi connectivity index (χ3v) is 9.90. The van der Waals surface area contributed by atoms with Crippen LogP contribution in [-0.4, -0.2) is 61.5 Å². The van der Waals surface area contributed by atoms with Gasteiger partial charge in [-0.2, -0.15) is 13.2 Å². The third-order valence-electron chi connectivity index (χ3n) is 8.15. The molecule has 0 saturated heterocycles. The summed E-state index contributed by atoms with van der Waals surface area (Å²) in [5, 5.41) is 24.0. The molecule has 262 valence electrons. The maximum Gasteiger partial charge on any atom is 0.424 e. The Balaban J connectivity index is 1.58. The van der Waals surface area contributed by atoms with Gasteiger partial charge in [0.15, 0.2) is 5.75 Å². The van der Waals surface area contributed by atoms with Crippen molar-refractivity contribution in [2.75, 3.05) is 20.3 Å². The van der Waals surface area contributed by atoms with Gasteiger partial charge in [0.05, 0.1) is 52.4 Å². The summed E-state index contributed by atoms with van der Waals surface area (Å²) in [5.41, 5.74) is -5.08. The minimum Gasteiger partial charge on any atom is -0.494 e. The highest BCUT2D eigenvalue weighted by Crippen LogP contribution is 2.47. The molecule has 0 radical (unpaired) electrons. The first-order chi connectivity index (χ1) is 22.8. The molecule has 5 rings (SSSR count). The first-order valence-corrected chi connectivity index (χ1v) is 16.3. The first-order valence-electron chi connectivity index (χ1n) is 15.2. The minimum absolute atomic E-state index is 0.0699. The normalized spacial score (nSPS) is 18.7. The van der Waals surface area contributed by atoms with Crippen molar-refractivity contribution in [3.63, 3.8) is 0 Å². The summed E-state index contributed by atoms with van der Waals surface area (Å²) in [6.07, 6.45) is -6.24. The zero-order valence-electron chi connectivity index (χ0n) is 27.5. The number of carbonyl (C=O) groups is 1. The average molecular weight is 705 g/mol. The lowest BCUT2D eigenvalue weighted by molar-refractivity contribution is -0.265. The van der Waals surface area contributed by atoms with Gasteiger partial charge in [0.1, 0.15) is 29.4 Å². The Bertz CT molecular complexity index is 1930. The molecule has 0 aliphatic carbocycles. The summed E-state index contributed by atoms with van der Waals surface area (Å²) in [6, 6.07) is 11.6. The van der Waals surface area contributed by atoms with Gasteiger partial charge in [0.2, 0.25) is 5.60 Å². The number of aliphatic hydroxyl groups is 2. The van der Waals surface area contributed by atoms with Gasteiger partial charge in [-0.3, -0.25) is 4.79 Å². The van der Waals surface area contributed by atoms with Gasteiger partial charge < -0.3 is 25.0 Å². The van der Waals surface area contributed by atoms with Gasteiger partial charge in [-0.25, -0.2) is 23.3 Å². The van der Waals surface area contributed by atoms with Crippen LogP contribution in [0.5, 0.6) is 11.5 Å². The van der Waals surface area contributed by atoms with E-state index >= 15 is 0 Å². The number of rotatable bonds is 9. The van der Waals surface area contributed by atoms with Crippen LogP contribution >= 0.6 is 0 Å². The van der Waals surface area contributed by atoms with Crippen LogP contribution in [0.25, 0.3) is 22.2 Å². The molecule has 4 N–H and O–H groups in total. The Morgan fingerprint density at radius 1 is 1.10 bits per heavy atom. The zero-order valence-corrected chi connectivity index (χ0v) is 28.3. The van der Waals surface area contributed by atoms with Gasteiger partial charge in [0, 0.05) is 22.1 Å². The molecule has 1 aliphatic heterocycles. The van der Waals surface area contributed by atoms with Crippen LogP contribution in [0.4, 0.5) is 17.6 Å². The van der Waals surface area contributed by atoms with Crippen LogP contribution in [0.1, 0.15) is 68.0 Å². The molecule has 2 aromatic heterocycles. The van der Waals surface area contributed by atoms with Crippen LogP contribution in [0.2, 0.25) is 0 Å². The van der Waals surface area contributed by atoms with Crippen LogP contribution in [0.15, 0.2) is 54.6 Å². The number of amides is 1. The monoisotopic (exact) mass is 704 g/mol. The molecule has 0 saturated carbocycles. The summed E-state index contributed by atoms with van der Waals surface area (Å²) in [6.45, 7) is 6.80. The molecule has 3 heterocycles. The molecule has 4 aromatic rings. The summed E-state index contributed by atoms with van der Waals surface area (Å²) < 4.78 is 85.3. The lowest BCUT2D eigenvalue weighted by atomic mass is 9.89. The second kappa shape index (κ2) is 12.9. The average Bonchev–Trinajstić information content (AvgIpc) is 3.37. The van der Waals surface area contributed by atoms with E-state index in [0.29, 0.717) is 16.6 Å². The number of hydrogen-bond acceptors (Lipinski definition) is 8. The number of methoxy groups -OCH3 is 1. The quantitative estimate of drug-likeness (QED) is 0.171. The number of nitrogens with one attached hydrogen (secondary N) is 2. The van der Waals surface area contributed by atoms with Crippen molar-refractivity contribution in [3.05, 3.63) is 82.9 Å². The molecule has 49 heavy (non-hydrogen) atoms. The fourth-order valence-corrected chi connectivity index (χ4v) is 6.11. The molecular weight excluding hydrogens is 668 g/mol. The van der Waals surface area contributed by atoms with Crippen molar-refractivity contribution in [2.24, 2.45) is 0 Å². The summed E-state index contributed by atoms with van der Waals surface area (Å²) in [5.74, 6) is -1.35. The minimum atomic E-state index is -5.36. The van der Waals surface area contributed by atoms with E-state index in [-0.39, 0.29) is 40.5 Å². The highest BCUT2D eigenvalue weighted by molar-refractivity contribution is 7.84. The SMILES string of the molecule is COc1cc(C(=O)NC[C@@](O)(c2cc3c(c(-c4ccc(F)cc4)n2)OC[C@@]3(C)NS(=O)C(C)(C)C)C(F)(F)F)cc2ccc(C(C)O)nc12. The number of carbonyl (C=O) groups excluding carboxylic acids is 1. The number of alkyl halides is 3. The number of ether oxygens (including phenoxy) is 2. The maximum absolute atomic E-state index is 14.9. The Labute approximate surface area is 282 Å². The number of aromatic nitrogens is 2. The van der Waals surface area contributed by atoms with E-state index in [1.54, 1.807) is 33.8 Å². The van der Waals surface area contributed by atoms with Gasteiger partial charge in [-0.1, -0.05) is 6.07 Å². The number of nitrogens with zero attached hydrogens (tertiary/aromatic N) is 2. The highest BCUT2D eigenvalue weighted by Gasteiger charge is 2.57. The van der Waals surface area contributed by atoms with Crippen molar-refractivity contribution < 1.29 is 46.3 Å². The van der Waals surface area contributed by atoms with Crippen molar-refractivity contribution in [1.29, 1.82) is 0 Å². The lowest BCUT2D eigenvalue weighted by Crippen LogP contribution is -2.52. The number of aliphatic hydroxyl groups excluding tert-OH is 1. The second-order valence-electron chi connectivity index (χ2n) is 13.0. The van der Waals surface area contributed by atoms with Crippen molar-refractivity contribution >= 4 is 27.8 Å². The van der Waals surface area contributed by atoms with E-state index in [0.717, 1.165) is 18.2 Å². The molecule has 1 aliphatic rings. The molecule has 10 nitrogen and oxygen atoms in total. The number of halogens is 4. The molecular formula is C34H36F4N4O6S. The second-order valence-corrected chi connectivity index (χ2v) is 15.0. The van der Waals surface area contributed by atoms with Gasteiger partial charge in [0.25, 0.3) is 5.91 Å². The smallest absolute Gasteiger partial charge is 0.424 e. The first kappa shape index (κ1) is 36.1. The molecule has 2 unspecified atom stereocenters. The van der Waals surface area contributed by atoms with E-state index in [2.05, 4.69) is 20.0 Å². The topological polar surface area (TPSA) is 143 Å². The van der Waals surface area contributed by atoms with Crippen LogP contribution in [0.3, 0.4) is 0 Å². The molecule has 15 heteroatoms. The van der Waals surface area contributed by atoms with Gasteiger partial charge >= 0.3 is 6.18 Å². The molecule has 1 amide bonds. The third kappa shape index (κ3) is 6.98. The molecule has 0 fully saturated rings. The Hall–Kier alpha value is -4.18. The van der Waals surface area contributed by atoms with E-state index in [9.17, 15) is 36.8 Å². The predicted molar refractivity (Wildman–Crippen MR) is 175 cm³/mol. The van der Waals surface area contributed by atoms with Crippen LogP contribution in [-0.2, 0) is 22.1 Å². The van der Waals surface area contributed by atoms with Gasteiger partial charge in [-0.15, -0.1) is 0 Å². The fraction of sp³-hybridized carbons (Fsp3) is 0.382. The largest absolute Gasteiger partial charge is 0.494 e. The molecule has 2 aromatic carbocycles. The van der Waals surface area contributed by atoms with Crippen LogP contribution < -0.4 is 19.5 Å². The molecule has 4 atom stereocenters. The highest BCUT2D eigenvalue weighted by atomic mass is 32.2. The maximum atomic E-state index is 14.9. The Morgan fingerprint density at radius 3 is 2.37 bits per heavy atom. The number of hydrogen-bond donors (Lipinski definition) is 4. The Kier molecular flexibility index (Phi) is 9.53.